The second-order valence-corrected chi connectivity index (χ2v) is 6.44. The standard InChI is InChI=1S/C11H23NO3S/c1-3-10-5-4-6-11(9-10)12-16(13,14)8-7-15-2/h10-12H,3-9H2,1-2H3/t10-,11+/m0/s1. The second kappa shape index (κ2) is 6.57. The zero-order chi connectivity index (χ0) is 12.0. The maximum absolute atomic E-state index is 11.7. The summed E-state index contributed by atoms with van der Waals surface area (Å²) in [5.74, 6) is 0.750. The molecule has 2 atom stereocenters. The van der Waals surface area contributed by atoms with Crippen molar-refractivity contribution < 1.29 is 13.2 Å². The lowest BCUT2D eigenvalue weighted by Gasteiger charge is -2.28. The van der Waals surface area contributed by atoms with Crippen molar-refractivity contribution in [2.75, 3.05) is 19.5 Å². The average Bonchev–Trinajstić information content (AvgIpc) is 2.26. The summed E-state index contributed by atoms with van der Waals surface area (Å²) in [6.45, 7) is 2.44. The summed E-state index contributed by atoms with van der Waals surface area (Å²) in [6, 6.07) is 0.139. The predicted molar refractivity (Wildman–Crippen MR) is 64.8 cm³/mol. The van der Waals surface area contributed by atoms with Gasteiger partial charge in [-0.2, -0.15) is 0 Å². The Morgan fingerprint density at radius 3 is 2.75 bits per heavy atom. The zero-order valence-corrected chi connectivity index (χ0v) is 11.1. The molecule has 1 saturated carbocycles. The molecule has 0 unspecified atom stereocenters. The Morgan fingerprint density at radius 2 is 2.12 bits per heavy atom. The number of sulfonamides is 1. The van der Waals surface area contributed by atoms with Gasteiger partial charge in [0.25, 0.3) is 0 Å². The van der Waals surface area contributed by atoms with Crippen LogP contribution in [-0.4, -0.2) is 33.9 Å². The monoisotopic (exact) mass is 249 g/mol. The number of hydrogen-bond acceptors (Lipinski definition) is 3. The van der Waals surface area contributed by atoms with E-state index in [1.54, 1.807) is 0 Å². The molecule has 1 N–H and O–H groups in total. The molecule has 1 aliphatic rings. The number of ether oxygens (including phenoxy) is 1. The highest BCUT2D eigenvalue weighted by Crippen LogP contribution is 2.26. The van der Waals surface area contributed by atoms with Crippen molar-refractivity contribution in [1.82, 2.24) is 4.72 Å². The average molecular weight is 249 g/mol. The fraction of sp³-hybridized carbons (Fsp3) is 1.00. The summed E-state index contributed by atoms with van der Waals surface area (Å²) in [4.78, 5) is 0. The lowest BCUT2D eigenvalue weighted by Crippen LogP contribution is -2.40. The maximum Gasteiger partial charge on any atom is 0.214 e. The van der Waals surface area contributed by atoms with Gasteiger partial charge in [0.2, 0.25) is 10.0 Å². The molecular formula is C11H23NO3S. The van der Waals surface area contributed by atoms with Crippen molar-refractivity contribution in [3.63, 3.8) is 0 Å². The van der Waals surface area contributed by atoms with Crippen molar-refractivity contribution in [3.05, 3.63) is 0 Å². The third-order valence-corrected chi connectivity index (χ3v) is 4.66. The van der Waals surface area contributed by atoms with Crippen molar-refractivity contribution >= 4 is 10.0 Å². The zero-order valence-electron chi connectivity index (χ0n) is 10.2. The van der Waals surface area contributed by atoms with Crippen LogP contribution in [0.25, 0.3) is 0 Å². The van der Waals surface area contributed by atoms with Gasteiger partial charge in [0.05, 0.1) is 12.4 Å². The molecule has 0 aromatic carbocycles. The van der Waals surface area contributed by atoms with Crippen LogP contribution >= 0.6 is 0 Å². The number of hydrogen-bond donors (Lipinski definition) is 1. The minimum atomic E-state index is -3.15. The smallest absolute Gasteiger partial charge is 0.214 e. The van der Waals surface area contributed by atoms with Crippen molar-refractivity contribution in [1.29, 1.82) is 0 Å². The molecule has 0 radical (unpaired) electrons. The molecule has 0 aliphatic heterocycles. The van der Waals surface area contributed by atoms with Crippen LogP contribution in [0.5, 0.6) is 0 Å². The minimum Gasteiger partial charge on any atom is -0.384 e. The van der Waals surface area contributed by atoms with Crippen LogP contribution in [0, 0.1) is 5.92 Å². The van der Waals surface area contributed by atoms with Crippen LogP contribution in [0.3, 0.4) is 0 Å². The normalized spacial score (nSPS) is 26.9. The molecular weight excluding hydrogens is 226 g/mol. The summed E-state index contributed by atoms with van der Waals surface area (Å²) < 4.78 is 30.9. The van der Waals surface area contributed by atoms with E-state index in [0.717, 1.165) is 25.7 Å². The topological polar surface area (TPSA) is 55.4 Å². The Kier molecular flexibility index (Phi) is 5.72. The molecule has 0 spiro atoms. The Labute approximate surface area is 98.8 Å². The van der Waals surface area contributed by atoms with Gasteiger partial charge in [-0.05, 0) is 18.8 Å². The molecule has 1 aliphatic carbocycles. The first-order chi connectivity index (χ1) is 7.57. The highest BCUT2D eigenvalue weighted by molar-refractivity contribution is 7.89. The summed E-state index contributed by atoms with van der Waals surface area (Å²) in [7, 11) is -1.63. The Bertz CT molecular complexity index is 290. The highest BCUT2D eigenvalue weighted by Gasteiger charge is 2.24. The first-order valence-electron chi connectivity index (χ1n) is 6.06. The van der Waals surface area contributed by atoms with Gasteiger partial charge in [-0.25, -0.2) is 13.1 Å². The number of methoxy groups -OCH3 is 1. The molecule has 0 aromatic rings. The predicted octanol–water partition coefficient (Wildman–Crippen LogP) is 1.52. The third kappa shape index (κ3) is 4.80. The maximum atomic E-state index is 11.7. The molecule has 16 heavy (non-hydrogen) atoms. The third-order valence-electron chi connectivity index (χ3n) is 3.26. The fourth-order valence-corrected chi connectivity index (χ4v) is 3.50. The van der Waals surface area contributed by atoms with Crippen LogP contribution in [0.15, 0.2) is 0 Å². The van der Waals surface area contributed by atoms with Gasteiger partial charge in [0, 0.05) is 13.2 Å². The first kappa shape index (κ1) is 13.9. The highest BCUT2D eigenvalue weighted by atomic mass is 32.2. The van der Waals surface area contributed by atoms with Crippen LogP contribution in [0.2, 0.25) is 0 Å². The molecule has 1 fully saturated rings. The van der Waals surface area contributed by atoms with Crippen molar-refractivity contribution in [3.8, 4) is 0 Å². The number of rotatable bonds is 6. The quantitative estimate of drug-likeness (QED) is 0.776. The molecule has 0 heterocycles. The van der Waals surface area contributed by atoms with Crippen molar-refractivity contribution in [2.24, 2.45) is 5.92 Å². The van der Waals surface area contributed by atoms with Crippen LogP contribution in [-0.2, 0) is 14.8 Å². The van der Waals surface area contributed by atoms with Crippen LogP contribution in [0.4, 0.5) is 0 Å². The van der Waals surface area contributed by atoms with Gasteiger partial charge in [0.15, 0.2) is 0 Å². The Balaban J connectivity index is 2.40. The summed E-state index contributed by atoms with van der Waals surface area (Å²) in [6.07, 6.45) is 5.49. The number of nitrogens with one attached hydrogen (secondary N) is 1. The van der Waals surface area contributed by atoms with E-state index in [4.69, 9.17) is 4.74 Å². The van der Waals surface area contributed by atoms with Crippen molar-refractivity contribution in [2.45, 2.75) is 45.1 Å². The van der Waals surface area contributed by atoms with E-state index in [0.29, 0.717) is 5.92 Å². The van der Waals surface area contributed by atoms with Gasteiger partial charge in [-0.1, -0.05) is 26.2 Å². The van der Waals surface area contributed by atoms with E-state index in [1.165, 1.54) is 13.5 Å². The Morgan fingerprint density at radius 1 is 1.38 bits per heavy atom. The van der Waals surface area contributed by atoms with E-state index < -0.39 is 10.0 Å². The SMILES string of the molecule is CC[C@H]1CCC[C@@H](NS(=O)(=O)CCOC)C1. The minimum absolute atomic E-state index is 0.0663. The first-order valence-corrected chi connectivity index (χ1v) is 7.71. The van der Waals surface area contributed by atoms with E-state index in [-0.39, 0.29) is 18.4 Å². The molecule has 96 valence electrons. The molecule has 4 nitrogen and oxygen atoms in total. The van der Waals surface area contributed by atoms with Gasteiger partial charge >= 0.3 is 0 Å². The second-order valence-electron chi connectivity index (χ2n) is 4.57. The van der Waals surface area contributed by atoms with Gasteiger partial charge in [-0.15, -0.1) is 0 Å². The molecule has 1 rings (SSSR count). The lowest BCUT2D eigenvalue weighted by atomic mass is 9.85. The van der Waals surface area contributed by atoms with Gasteiger partial charge < -0.3 is 4.74 Å². The van der Waals surface area contributed by atoms with E-state index >= 15 is 0 Å². The van der Waals surface area contributed by atoms with Crippen LogP contribution in [0.1, 0.15) is 39.0 Å². The fourth-order valence-electron chi connectivity index (χ4n) is 2.27. The Hall–Kier alpha value is -0.130. The molecule has 0 aromatic heterocycles. The summed E-state index contributed by atoms with van der Waals surface area (Å²) in [5.41, 5.74) is 0. The van der Waals surface area contributed by atoms with E-state index in [2.05, 4.69) is 11.6 Å². The van der Waals surface area contributed by atoms with Gasteiger partial charge in [-0.3, -0.25) is 0 Å². The largest absolute Gasteiger partial charge is 0.384 e. The van der Waals surface area contributed by atoms with E-state index in [9.17, 15) is 8.42 Å². The molecule has 0 amide bonds. The lowest BCUT2D eigenvalue weighted by molar-refractivity contribution is 0.216. The molecule has 0 saturated heterocycles. The molecule has 5 heteroatoms. The van der Waals surface area contributed by atoms with E-state index in [1.807, 2.05) is 0 Å². The summed E-state index contributed by atoms with van der Waals surface area (Å²) in [5, 5.41) is 0. The van der Waals surface area contributed by atoms with Gasteiger partial charge in [0.1, 0.15) is 0 Å². The molecule has 0 bridgehead atoms. The van der Waals surface area contributed by atoms with Crippen LogP contribution < -0.4 is 4.72 Å². The summed E-state index contributed by atoms with van der Waals surface area (Å²) >= 11 is 0.